The molecule has 27 heavy (non-hydrogen) atoms. The molecule has 2 N–H and O–H groups in total. The molecule has 0 saturated carbocycles. The van der Waals surface area contributed by atoms with Crippen molar-refractivity contribution in [1.29, 1.82) is 0 Å². The van der Waals surface area contributed by atoms with Crippen molar-refractivity contribution < 1.29 is 19.4 Å². The van der Waals surface area contributed by atoms with Crippen LogP contribution >= 0.6 is 0 Å². The summed E-state index contributed by atoms with van der Waals surface area (Å²) in [5, 5.41) is 13.1. The van der Waals surface area contributed by atoms with Crippen LogP contribution < -0.4 is 10.2 Å². The third kappa shape index (κ3) is 5.02. The molecular formula is C21H16N2O4. The van der Waals surface area contributed by atoms with E-state index in [1.165, 1.54) is 30.5 Å². The number of ether oxygens (including phenoxy) is 1. The zero-order chi connectivity index (χ0) is 19.1. The van der Waals surface area contributed by atoms with Gasteiger partial charge in [0.2, 0.25) is 0 Å². The lowest BCUT2D eigenvalue weighted by Crippen LogP contribution is -2.17. The van der Waals surface area contributed by atoms with E-state index in [9.17, 15) is 14.7 Å². The first-order valence-electron chi connectivity index (χ1n) is 8.11. The molecule has 0 aromatic heterocycles. The molecule has 0 radical (unpaired) electrons. The summed E-state index contributed by atoms with van der Waals surface area (Å²) in [6, 6.07) is 21.3. The normalized spacial score (nSPS) is 10.5. The topological polar surface area (TPSA) is 88.0 Å². The molecule has 0 bridgehead atoms. The summed E-state index contributed by atoms with van der Waals surface area (Å²) >= 11 is 0. The molecule has 0 aliphatic heterocycles. The van der Waals surface area contributed by atoms with Crippen molar-refractivity contribution >= 4 is 18.1 Å². The number of rotatable bonds is 5. The van der Waals surface area contributed by atoms with Gasteiger partial charge < -0.3 is 9.84 Å². The smallest absolute Gasteiger partial charge is 0.343 e. The summed E-state index contributed by atoms with van der Waals surface area (Å²) in [5.41, 5.74) is 3.98. The predicted octanol–water partition coefficient (Wildman–Crippen LogP) is 3.38. The van der Waals surface area contributed by atoms with E-state index >= 15 is 0 Å². The Kier molecular flexibility index (Phi) is 5.59. The van der Waals surface area contributed by atoms with E-state index in [2.05, 4.69) is 10.5 Å². The van der Waals surface area contributed by atoms with E-state index in [0.29, 0.717) is 16.9 Å². The molecule has 134 valence electrons. The van der Waals surface area contributed by atoms with Crippen LogP contribution in [0, 0.1) is 0 Å². The van der Waals surface area contributed by atoms with Crippen molar-refractivity contribution in [2.45, 2.75) is 0 Å². The van der Waals surface area contributed by atoms with E-state index in [1.54, 1.807) is 48.5 Å². The lowest BCUT2D eigenvalue weighted by Gasteiger charge is -2.04. The van der Waals surface area contributed by atoms with Gasteiger partial charge in [-0.25, -0.2) is 10.2 Å². The third-order valence-corrected chi connectivity index (χ3v) is 3.61. The number of hydrogen-bond acceptors (Lipinski definition) is 5. The van der Waals surface area contributed by atoms with E-state index in [1.807, 2.05) is 6.07 Å². The van der Waals surface area contributed by atoms with Gasteiger partial charge in [-0.2, -0.15) is 5.10 Å². The zero-order valence-corrected chi connectivity index (χ0v) is 14.2. The van der Waals surface area contributed by atoms with Crippen LogP contribution in [0.25, 0.3) is 0 Å². The summed E-state index contributed by atoms with van der Waals surface area (Å²) in [6.45, 7) is 0. The fourth-order valence-corrected chi connectivity index (χ4v) is 2.20. The first kappa shape index (κ1) is 17.9. The Morgan fingerprint density at radius 3 is 2.19 bits per heavy atom. The van der Waals surface area contributed by atoms with Crippen LogP contribution in [0.3, 0.4) is 0 Å². The molecule has 3 rings (SSSR count). The fourth-order valence-electron chi connectivity index (χ4n) is 2.20. The Labute approximate surface area is 155 Å². The molecule has 3 aromatic carbocycles. The van der Waals surface area contributed by atoms with Crippen LogP contribution in [0.4, 0.5) is 0 Å². The van der Waals surface area contributed by atoms with Crippen LogP contribution in [0.5, 0.6) is 11.5 Å². The van der Waals surface area contributed by atoms with Gasteiger partial charge >= 0.3 is 5.97 Å². The van der Waals surface area contributed by atoms with Gasteiger partial charge in [0, 0.05) is 5.56 Å². The number of hydrogen-bond donors (Lipinski definition) is 2. The summed E-state index contributed by atoms with van der Waals surface area (Å²) in [7, 11) is 0. The Bertz CT molecular complexity index is 950. The highest BCUT2D eigenvalue weighted by Gasteiger charge is 2.07. The molecule has 0 heterocycles. The molecule has 0 unspecified atom stereocenters. The minimum absolute atomic E-state index is 0.0862. The highest BCUT2D eigenvalue weighted by molar-refractivity contribution is 5.95. The number of phenolic OH excluding ortho intramolecular Hbond substituents is 1. The maximum Gasteiger partial charge on any atom is 0.343 e. The molecule has 0 fully saturated rings. The molecule has 0 saturated heterocycles. The monoisotopic (exact) mass is 360 g/mol. The van der Waals surface area contributed by atoms with Crippen molar-refractivity contribution in [1.82, 2.24) is 5.43 Å². The van der Waals surface area contributed by atoms with Gasteiger partial charge in [-0.3, -0.25) is 4.79 Å². The van der Waals surface area contributed by atoms with Gasteiger partial charge in [0.15, 0.2) is 0 Å². The van der Waals surface area contributed by atoms with Gasteiger partial charge in [0.25, 0.3) is 5.91 Å². The average molecular weight is 360 g/mol. The van der Waals surface area contributed by atoms with E-state index in [4.69, 9.17) is 4.74 Å². The standard InChI is InChI=1S/C21H16N2O4/c24-18-10-8-16(9-11-18)20(25)23-22-14-15-6-12-19(13-7-15)27-21(26)17-4-2-1-3-5-17/h1-14,24H,(H,23,25). The van der Waals surface area contributed by atoms with Crippen LogP contribution in [0.2, 0.25) is 0 Å². The fraction of sp³-hybridized carbons (Fsp3) is 0. The summed E-state index contributed by atoms with van der Waals surface area (Å²) in [5.74, 6) is -0.324. The minimum atomic E-state index is -0.432. The SMILES string of the molecule is O=C(NN=Cc1ccc(OC(=O)c2ccccc2)cc1)c1ccc(O)cc1. The second-order valence-corrected chi connectivity index (χ2v) is 5.57. The number of carbonyl (C=O) groups is 2. The van der Waals surface area contributed by atoms with E-state index < -0.39 is 5.97 Å². The minimum Gasteiger partial charge on any atom is -0.508 e. The summed E-state index contributed by atoms with van der Waals surface area (Å²) in [6.07, 6.45) is 1.47. The van der Waals surface area contributed by atoms with Crippen LogP contribution in [0.1, 0.15) is 26.3 Å². The Morgan fingerprint density at radius 2 is 1.52 bits per heavy atom. The number of hydrazone groups is 1. The number of phenols is 1. The highest BCUT2D eigenvalue weighted by atomic mass is 16.5. The Balaban J connectivity index is 1.55. The third-order valence-electron chi connectivity index (χ3n) is 3.61. The zero-order valence-electron chi connectivity index (χ0n) is 14.2. The molecule has 0 spiro atoms. The second kappa shape index (κ2) is 8.44. The maximum absolute atomic E-state index is 12.0. The lowest BCUT2D eigenvalue weighted by atomic mass is 10.2. The number of aromatic hydroxyl groups is 1. The van der Waals surface area contributed by atoms with Crippen molar-refractivity contribution in [2.75, 3.05) is 0 Å². The highest BCUT2D eigenvalue weighted by Crippen LogP contribution is 2.14. The number of carbonyl (C=O) groups excluding carboxylic acids is 2. The van der Waals surface area contributed by atoms with Crippen molar-refractivity contribution in [2.24, 2.45) is 5.10 Å². The van der Waals surface area contributed by atoms with Gasteiger partial charge in [-0.15, -0.1) is 0 Å². The number of nitrogens with zero attached hydrogens (tertiary/aromatic N) is 1. The lowest BCUT2D eigenvalue weighted by molar-refractivity contribution is 0.0734. The van der Waals surface area contributed by atoms with Crippen LogP contribution in [0.15, 0.2) is 84.0 Å². The Hall–Kier alpha value is -3.93. The molecule has 6 nitrogen and oxygen atoms in total. The molecule has 0 atom stereocenters. The van der Waals surface area contributed by atoms with E-state index in [0.717, 1.165) is 5.56 Å². The predicted molar refractivity (Wildman–Crippen MR) is 101 cm³/mol. The number of esters is 1. The molecular weight excluding hydrogens is 344 g/mol. The number of amides is 1. The molecule has 1 amide bonds. The van der Waals surface area contributed by atoms with Gasteiger partial charge in [0.1, 0.15) is 11.5 Å². The van der Waals surface area contributed by atoms with Crippen molar-refractivity contribution in [3.63, 3.8) is 0 Å². The van der Waals surface area contributed by atoms with Gasteiger partial charge in [0.05, 0.1) is 11.8 Å². The molecule has 6 heteroatoms. The molecule has 0 aliphatic carbocycles. The van der Waals surface area contributed by atoms with Gasteiger partial charge in [-0.1, -0.05) is 18.2 Å². The molecule has 0 aliphatic rings. The van der Waals surface area contributed by atoms with Crippen molar-refractivity contribution in [3.8, 4) is 11.5 Å². The average Bonchev–Trinajstić information content (AvgIpc) is 2.70. The summed E-state index contributed by atoms with van der Waals surface area (Å²) < 4.78 is 5.29. The maximum atomic E-state index is 12.0. The van der Waals surface area contributed by atoms with Crippen LogP contribution in [-0.4, -0.2) is 23.2 Å². The number of benzene rings is 3. The Morgan fingerprint density at radius 1 is 0.852 bits per heavy atom. The second-order valence-electron chi connectivity index (χ2n) is 5.57. The first-order chi connectivity index (χ1) is 13.1. The quantitative estimate of drug-likeness (QED) is 0.316. The van der Waals surface area contributed by atoms with Crippen LogP contribution in [-0.2, 0) is 0 Å². The largest absolute Gasteiger partial charge is 0.508 e. The molecule has 3 aromatic rings. The first-order valence-corrected chi connectivity index (χ1v) is 8.11. The van der Waals surface area contributed by atoms with Crippen molar-refractivity contribution in [3.05, 3.63) is 95.6 Å². The van der Waals surface area contributed by atoms with E-state index in [-0.39, 0.29) is 11.7 Å². The summed E-state index contributed by atoms with van der Waals surface area (Å²) in [4.78, 5) is 23.9. The number of nitrogens with one attached hydrogen (secondary N) is 1. The van der Waals surface area contributed by atoms with Gasteiger partial charge in [-0.05, 0) is 66.2 Å².